The molecule has 0 unspecified atom stereocenters. The Hall–Kier alpha value is -3.01. The van der Waals surface area contributed by atoms with Crippen LogP contribution in [-0.2, 0) is 12.6 Å². The van der Waals surface area contributed by atoms with Gasteiger partial charge in [0.05, 0.1) is 10.6 Å². The zero-order valence-electron chi connectivity index (χ0n) is 18.7. The summed E-state index contributed by atoms with van der Waals surface area (Å²) in [7, 11) is 1.30. The number of aryl methyl sites for hydroxylation is 2. The average Bonchev–Trinajstić information content (AvgIpc) is 2.76. The second kappa shape index (κ2) is 9.56. The van der Waals surface area contributed by atoms with Crippen molar-refractivity contribution in [2.45, 2.75) is 31.5 Å². The molecule has 0 bridgehead atoms. The van der Waals surface area contributed by atoms with Crippen molar-refractivity contribution < 1.29 is 32.9 Å². The van der Waals surface area contributed by atoms with Crippen molar-refractivity contribution in [3.05, 3.63) is 91.3 Å². The first-order valence-electron chi connectivity index (χ1n) is 10.1. The number of halogens is 5. The molecule has 6 nitrogen and oxygen atoms in total. The number of rotatable bonds is 6. The van der Waals surface area contributed by atoms with E-state index < -0.39 is 34.8 Å². The minimum atomic E-state index is -5.11. The SMILES string of the molecule is Cc1cc([C@@](O)([C@@H](C)c2ccc(Oc3ccc(Cl)c(C(=O)O)c3)cc2Cl)C(F)(F)F)cn(C)c1=O. The molecule has 1 aromatic heterocycles. The highest BCUT2D eigenvalue weighted by Gasteiger charge is 2.59. The van der Waals surface area contributed by atoms with Crippen LogP contribution in [0.15, 0.2) is 53.5 Å². The number of benzene rings is 2. The number of pyridine rings is 1. The summed E-state index contributed by atoms with van der Waals surface area (Å²) in [5.74, 6) is -2.59. The van der Waals surface area contributed by atoms with E-state index in [0.717, 1.165) is 16.8 Å². The van der Waals surface area contributed by atoms with Gasteiger partial charge in [-0.25, -0.2) is 4.79 Å². The van der Waals surface area contributed by atoms with Crippen LogP contribution in [0.2, 0.25) is 10.0 Å². The molecule has 3 rings (SSSR count). The maximum Gasteiger partial charge on any atom is 0.422 e. The van der Waals surface area contributed by atoms with Crippen LogP contribution in [-0.4, -0.2) is 26.9 Å². The van der Waals surface area contributed by atoms with Gasteiger partial charge in [-0.3, -0.25) is 4.79 Å². The van der Waals surface area contributed by atoms with E-state index in [-0.39, 0.29) is 38.2 Å². The van der Waals surface area contributed by atoms with Crippen LogP contribution in [0.4, 0.5) is 13.2 Å². The van der Waals surface area contributed by atoms with E-state index in [0.29, 0.717) is 0 Å². The van der Waals surface area contributed by atoms with Gasteiger partial charge in [0.15, 0.2) is 5.60 Å². The number of aliphatic hydroxyl groups is 1. The molecule has 186 valence electrons. The zero-order valence-corrected chi connectivity index (χ0v) is 20.2. The fourth-order valence-electron chi connectivity index (χ4n) is 3.76. The Labute approximate surface area is 208 Å². The monoisotopic (exact) mass is 529 g/mol. The van der Waals surface area contributed by atoms with Gasteiger partial charge < -0.3 is 19.5 Å². The third-order valence-corrected chi connectivity index (χ3v) is 6.36. The lowest BCUT2D eigenvalue weighted by Crippen LogP contribution is -2.47. The van der Waals surface area contributed by atoms with Gasteiger partial charge in [0.1, 0.15) is 11.5 Å². The van der Waals surface area contributed by atoms with E-state index in [2.05, 4.69) is 0 Å². The van der Waals surface area contributed by atoms with Gasteiger partial charge in [-0.2, -0.15) is 13.2 Å². The number of carbonyl (C=O) groups is 1. The van der Waals surface area contributed by atoms with Crippen molar-refractivity contribution in [1.82, 2.24) is 4.57 Å². The Kier molecular flexibility index (Phi) is 7.26. The number of hydrogen-bond donors (Lipinski definition) is 2. The summed E-state index contributed by atoms with van der Waals surface area (Å²) in [5.41, 5.74) is -4.52. The van der Waals surface area contributed by atoms with Crippen LogP contribution in [0.25, 0.3) is 0 Å². The van der Waals surface area contributed by atoms with Crippen LogP contribution < -0.4 is 10.3 Å². The topological polar surface area (TPSA) is 88.8 Å². The van der Waals surface area contributed by atoms with E-state index in [4.69, 9.17) is 27.9 Å². The molecule has 11 heteroatoms. The summed E-state index contributed by atoms with van der Waals surface area (Å²) >= 11 is 12.1. The summed E-state index contributed by atoms with van der Waals surface area (Å²) in [5, 5.41) is 20.1. The molecule has 0 saturated carbocycles. The molecule has 0 saturated heterocycles. The van der Waals surface area contributed by atoms with E-state index in [1.807, 2.05) is 0 Å². The third kappa shape index (κ3) is 5.03. The van der Waals surface area contributed by atoms with Gasteiger partial charge in [-0.1, -0.05) is 36.2 Å². The van der Waals surface area contributed by atoms with Crippen LogP contribution in [0.3, 0.4) is 0 Å². The van der Waals surface area contributed by atoms with E-state index in [1.165, 1.54) is 57.3 Å². The first-order chi connectivity index (χ1) is 16.2. The fraction of sp³-hybridized carbons (Fsp3) is 0.250. The molecule has 0 aliphatic heterocycles. The molecule has 3 aromatic rings. The molecule has 0 aliphatic carbocycles. The zero-order chi connectivity index (χ0) is 26.3. The molecule has 0 radical (unpaired) electrons. The normalized spacial score (nSPS) is 14.3. The highest BCUT2D eigenvalue weighted by atomic mass is 35.5. The number of aromatic nitrogens is 1. The van der Waals surface area contributed by atoms with Crippen molar-refractivity contribution in [2.75, 3.05) is 0 Å². The number of ether oxygens (including phenoxy) is 1. The number of carboxylic acids is 1. The van der Waals surface area contributed by atoms with Gasteiger partial charge in [-0.15, -0.1) is 0 Å². The van der Waals surface area contributed by atoms with Crippen molar-refractivity contribution in [3.8, 4) is 11.5 Å². The van der Waals surface area contributed by atoms with Crippen molar-refractivity contribution in [1.29, 1.82) is 0 Å². The van der Waals surface area contributed by atoms with Crippen molar-refractivity contribution in [2.24, 2.45) is 7.05 Å². The van der Waals surface area contributed by atoms with Crippen molar-refractivity contribution >= 4 is 29.2 Å². The predicted octanol–water partition coefficient (Wildman–Crippen LogP) is 6.04. The second-order valence-corrected chi connectivity index (χ2v) is 8.86. The smallest absolute Gasteiger partial charge is 0.422 e. The summed E-state index contributed by atoms with van der Waals surface area (Å²) < 4.78 is 49.4. The molecule has 2 N–H and O–H groups in total. The number of carboxylic acid groups (broad SMARTS) is 1. The maximum absolute atomic E-state index is 14.3. The summed E-state index contributed by atoms with van der Waals surface area (Å²) in [4.78, 5) is 23.2. The van der Waals surface area contributed by atoms with Gasteiger partial charge in [0.2, 0.25) is 0 Å². The molecule has 0 amide bonds. The number of aromatic carboxylic acids is 1. The summed E-state index contributed by atoms with van der Waals surface area (Å²) in [6.07, 6.45) is -4.16. The van der Waals surface area contributed by atoms with Gasteiger partial charge in [0.25, 0.3) is 5.56 Å². The molecule has 1 heterocycles. The first-order valence-corrected chi connectivity index (χ1v) is 10.9. The fourth-order valence-corrected chi connectivity index (χ4v) is 4.29. The molecular weight excluding hydrogens is 510 g/mol. The Bertz CT molecular complexity index is 1330. The van der Waals surface area contributed by atoms with E-state index in [9.17, 15) is 33.0 Å². The average molecular weight is 530 g/mol. The molecule has 0 spiro atoms. The predicted molar refractivity (Wildman–Crippen MR) is 125 cm³/mol. The van der Waals surface area contributed by atoms with Crippen LogP contribution in [0.1, 0.15) is 39.9 Å². The lowest BCUT2D eigenvalue weighted by atomic mass is 9.78. The molecule has 35 heavy (non-hydrogen) atoms. The number of hydrogen-bond acceptors (Lipinski definition) is 4. The number of alkyl halides is 3. The molecule has 0 fully saturated rings. The minimum Gasteiger partial charge on any atom is -0.478 e. The first kappa shape index (κ1) is 26.6. The lowest BCUT2D eigenvalue weighted by Gasteiger charge is -2.37. The lowest BCUT2D eigenvalue weighted by molar-refractivity contribution is -0.274. The molecule has 0 aliphatic rings. The van der Waals surface area contributed by atoms with Gasteiger partial charge in [0, 0.05) is 35.3 Å². The van der Waals surface area contributed by atoms with Crippen LogP contribution >= 0.6 is 23.2 Å². The van der Waals surface area contributed by atoms with E-state index >= 15 is 0 Å². The largest absolute Gasteiger partial charge is 0.478 e. The summed E-state index contributed by atoms with van der Waals surface area (Å²) in [6, 6.07) is 8.83. The Morgan fingerprint density at radius 2 is 1.66 bits per heavy atom. The highest BCUT2D eigenvalue weighted by Crippen LogP contribution is 2.50. The van der Waals surface area contributed by atoms with Crippen LogP contribution in [0, 0.1) is 6.92 Å². The summed E-state index contributed by atoms with van der Waals surface area (Å²) in [6.45, 7) is 2.53. The van der Waals surface area contributed by atoms with Gasteiger partial charge >= 0.3 is 12.1 Å². The molecule has 2 aromatic carbocycles. The Balaban J connectivity index is 2.02. The molecular formula is C24H20Cl2F3NO5. The van der Waals surface area contributed by atoms with E-state index in [1.54, 1.807) is 0 Å². The van der Waals surface area contributed by atoms with Gasteiger partial charge in [-0.05, 0) is 48.9 Å². The van der Waals surface area contributed by atoms with Crippen LogP contribution in [0.5, 0.6) is 11.5 Å². The number of nitrogens with zero attached hydrogens (tertiary/aromatic N) is 1. The minimum absolute atomic E-state index is 0.00661. The highest BCUT2D eigenvalue weighted by molar-refractivity contribution is 6.33. The molecule has 2 atom stereocenters. The second-order valence-electron chi connectivity index (χ2n) is 8.05. The van der Waals surface area contributed by atoms with Crippen molar-refractivity contribution in [3.63, 3.8) is 0 Å². The standard InChI is InChI=1S/C24H20Cl2F3NO5/c1-12-8-14(11-30(3)21(12)31)23(34,24(27,28)29)13(2)17-6-4-16(10-20(17)26)35-15-5-7-19(25)18(9-15)22(32)33/h4-11,13,34H,1-3H3,(H,32,33)/t13-,23-/m0/s1. The third-order valence-electron chi connectivity index (χ3n) is 5.70. The quantitative estimate of drug-likeness (QED) is 0.406. The Morgan fingerprint density at radius 1 is 1.06 bits per heavy atom. The maximum atomic E-state index is 14.3. The Morgan fingerprint density at radius 3 is 2.20 bits per heavy atom.